The van der Waals surface area contributed by atoms with Crippen molar-refractivity contribution in [1.29, 1.82) is 0 Å². The van der Waals surface area contributed by atoms with Crippen LogP contribution in [0.2, 0.25) is 0 Å². The molecule has 0 saturated carbocycles. The highest BCUT2D eigenvalue weighted by Gasteiger charge is 2.16. The summed E-state index contributed by atoms with van der Waals surface area (Å²) in [7, 11) is 0. The Morgan fingerprint density at radius 3 is 2.18 bits per heavy atom. The zero-order valence-electron chi connectivity index (χ0n) is 11.3. The number of hydrogen-bond donors (Lipinski definition) is 1. The molecule has 3 heteroatoms. The van der Waals surface area contributed by atoms with Gasteiger partial charge in [0.25, 0.3) is 0 Å². The molecule has 0 aromatic heterocycles. The second-order valence-corrected chi connectivity index (χ2v) is 4.42. The van der Waals surface area contributed by atoms with Crippen LogP contribution in [0.5, 0.6) is 11.5 Å². The van der Waals surface area contributed by atoms with Crippen molar-refractivity contribution in [3.05, 3.63) is 23.8 Å². The van der Waals surface area contributed by atoms with Crippen molar-refractivity contribution >= 4 is 0 Å². The molecule has 1 atom stereocenters. The molecule has 3 N–H and O–H groups in total. The average Bonchev–Trinajstić information content (AvgIpc) is 2.31. The van der Waals surface area contributed by atoms with Crippen LogP contribution in [0.1, 0.15) is 39.3 Å². The lowest BCUT2D eigenvalue weighted by Gasteiger charge is -2.16. The van der Waals surface area contributed by atoms with E-state index in [9.17, 15) is 0 Å². The topological polar surface area (TPSA) is 46.1 Å². The fraction of sp³-hybridized carbons (Fsp3) is 0.571. The lowest BCUT2D eigenvalue weighted by atomic mass is 9.97. The summed E-state index contributed by atoms with van der Waals surface area (Å²) in [6.45, 7) is 9.60. The lowest BCUT2D eigenvalue weighted by molar-refractivity contribution is -0.438. The average molecular weight is 238 g/mol. The van der Waals surface area contributed by atoms with Gasteiger partial charge in [-0.15, -0.1) is 0 Å². The Hall–Kier alpha value is -1.22. The van der Waals surface area contributed by atoms with E-state index in [0.29, 0.717) is 19.1 Å². The van der Waals surface area contributed by atoms with Crippen LogP contribution in [0, 0.1) is 5.92 Å². The number of hydrogen-bond acceptors (Lipinski definition) is 2. The van der Waals surface area contributed by atoms with Gasteiger partial charge in [0.1, 0.15) is 6.04 Å². The van der Waals surface area contributed by atoms with E-state index in [4.69, 9.17) is 9.47 Å². The van der Waals surface area contributed by atoms with Gasteiger partial charge in [-0.05, 0) is 32.0 Å². The summed E-state index contributed by atoms with van der Waals surface area (Å²) >= 11 is 0. The van der Waals surface area contributed by atoms with E-state index < -0.39 is 0 Å². The fourth-order valence-electron chi connectivity index (χ4n) is 1.68. The van der Waals surface area contributed by atoms with Gasteiger partial charge in [-0.3, -0.25) is 0 Å². The van der Waals surface area contributed by atoms with Crippen LogP contribution in [0.15, 0.2) is 18.2 Å². The number of benzene rings is 1. The van der Waals surface area contributed by atoms with Crippen LogP contribution < -0.4 is 15.2 Å². The molecule has 0 spiro atoms. The Bertz CT molecular complexity index is 350. The second kappa shape index (κ2) is 6.50. The highest BCUT2D eigenvalue weighted by molar-refractivity contribution is 5.43. The molecule has 0 radical (unpaired) electrons. The van der Waals surface area contributed by atoms with Gasteiger partial charge < -0.3 is 15.2 Å². The van der Waals surface area contributed by atoms with E-state index in [1.165, 1.54) is 5.56 Å². The summed E-state index contributed by atoms with van der Waals surface area (Å²) in [6.07, 6.45) is 0. The molecule has 3 nitrogen and oxygen atoms in total. The minimum atomic E-state index is 0.282. The lowest BCUT2D eigenvalue weighted by Crippen LogP contribution is -2.55. The largest absolute Gasteiger partial charge is 0.490 e. The predicted octanol–water partition coefficient (Wildman–Crippen LogP) is 2.42. The highest BCUT2D eigenvalue weighted by atomic mass is 16.5. The molecule has 0 bridgehead atoms. The molecule has 0 aliphatic heterocycles. The van der Waals surface area contributed by atoms with Gasteiger partial charge >= 0.3 is 0 Å². The van der Waals surface area contributed by atoms with Crippen LogP contribution in [0.4, 0.5) is 0 Å². The van der Waals surface area contributed by atoms with Crippen molar-refractivity contribution in [2.75, 3.05) is 13.2 Å². The van der Waals surface area contributed by atoms with E-state index in [-0.39, 0.29) is 6.04 Å². The van der Waals surface area contributed by atoms with Crippen LogP contribution in [0.3, 0.4) is 0 Å². The Morgan fingerprint density at radius 2 is 1.65 bits per heavy atom. The third kappa shape index (κ3) is 3.63. The van der Waals surface area contributed by atoms with E-state index in [2.05, 4.69) is 25.6 Å². The number of quaternary nitrogens is 1. The van der Waals surface area contributed by atoms with Gasteiger partial charge in [0.05, 0.1) is 13.2 Å². The molecular weight excluding hydrogens is 214 g/mol. The van der Waals surface area contributed by atoms with Crippen LogP contribution >= 0.6 is 0 Å². The molecule has 17 heavy (non-hydrogen) atoms. The maximum absolute atomic E-state index is 5.61. The molecule has 0 saturated heterocycles. The first kappa shape index (κ1) is 13.8. The maximum Gasteiger partial charge on any atom is 0.161 e. The molecule has 1 rings (SSSR count). The van der Waals surface area contributed by atoms with Crippen molar-refractivity contribution in [3.63, 3.8) is 0 Å². The molecule has 0 amide bonds. The summed E-state index contributed by atoms with van der Waals surface area (Å²) in [5.74, 6) is 2.15. The zero-order valence-corrected chi connectivity index (χ0v) is 11.3. The highest BCUT2D eigenvalue weighted by Crippen LogP contribution is 2.31. The molecule has 0 heterocycles. The van der Waals surface area contributed by atoms with Gasteiger partial charge in [-0.1, -0.05) is 13.8 Å². The van der Waals surface area contributed by atoms with Gasteiger partial charge in [0.15, 0.2) is 11.5 Å². The summed E-state index contributed by atoms with van der Waals surface area (Å²) in [4.78, 5) is 0. The number of ether oxygens (including phenoxy) is 2. The van der Waals surface area contributed by atoms with Crippen molar-refractivity contribution in [1.82, 2.24) is 0 Å². The summed E-state index contributed by atoms with van der Waals surface area (Å²) in [5.41, 5.74) is 5.39. The first-order chi connectivity index (χ1) is 8.10. The number of rotatable bonds is 6. The summed E-state index contributed by atoms with van der Waals surface area (Å²) in [5, 5.41) is 0. The second-order valence-electron chi connectivity index (χ2n) is 4.42. The van der Waals surface area contributed by atoms with E-state index in [0.717, 1.165) is 11.5 Å². The van der Waals surface area contributed by atoms with Gasteiger partial charge in [0, 0.05) is 11.5 Å². The van der Waals surface area contributed by atoms with E-state index in [1.54, 1.807) is 0 Å². The SMILES string of the molecule is CCOc1ccc([C@@H]([NH3+])C(C)C)cc1OCC. The Balaban J connectivity index is 3.00. The fourth-order valence-corrected chi connectivity index (χ4v) is 1.68. The third-order valence-corrected chi connectivity index (χ3v) is 2.80. The van der Waals surface area contributed by atoms with Gasteiger partial charge in [0.2, 0.25) is 0 Å². The van der Waals surface area contributed by atoms with Crippen molar-refractivity contribution in [2.24, 2.45) is 5.92 Å². The van der Waals surface area contributed by atoms with Crippen LogP contribution in [0.25, 0.3) is 0 Å². The van der Waals surface area contributed by atoms with Crippen LogP contribution in [-0.2, 0) is 0 Å². The molecule has 1 aromatic carbocycles. The quantitative estimate of drug-likeness (QED) is 0.827. The molecular formula is C14H24NO2+. The molecule has 0 aliphatic rings. The molecule has 1 aromatic rings. The maximum atomic E-state index is 5.61. The minimum Gasteiger partial charge on any atom is -0.490 e. The molecule has 0 aliphatic carbocycles. The van der Waals surface area contributed by atoms with Crippen molar-refractivity contribution in [2.45, 2.75) is 33.7 Å². The minimum absolute atomic E-state index is 0.282. The summed E-state index contributed by atoms with van der Waals surface area (Å²) < 4.78 is 11.1. The van der Waals surface area contributed by atoms with Crippen molar-refractivity contribution in [3.8, 4) is 11.5 Å². The predicted molar refractivity (Wildman–Crippen MR) is 69.2 cm³/mol. The monoisotopic (exact) mass is 238 g/mol. The molecule has 0 fully saturated rings. The zero-order chi connectivity index (χ0) is 12.8. The van der Waals surface area contributed by atoms with Gasteiger partial charge in [-0.25, -0.2) is 0 Å². The normalized spacial score (nSPS) is 12.6. The molecule has 96 valence electrons. The van der Waals surface area contributed by atoms with E-state index in [1.807, 2.05) is 26.0 Å². The van der Waals surface area contributed by atoms with Crippen molar-refractivity contribution < 1.29 is 15.2 Å². The third-order valence-electron chi connectivity index (χ3n) is 2.80. The Kier molecular flexibility index (Phi) is 5.29. The smallest absolute Gasteiger partial charge is 0.161 e. The Morgan fingerprint density at radius 1 is 1.06 bits per heavy atom. The van der Waals surface area contributed by atoms with Gasteiger partial charge in [-0.2, -0.15) is 0 Å². The van der Waals surface area contributed by atoms with Crippen LogP contribution in [-0.4, -0.2) is 13.2 Å². The standard InChI is InChI=1S/C14H23NO2/c1-5-16-12-8-7-11(14(15)10(3)4)9-13(12)17-6-2/h7-10,14H,5-6,15H2,1-4H3/p+1/t14-/m0/s1. The molecule has 0 unspecified atom stereocenters. The first-order valence-corrected chi connectivity index (χ1v) is 6.32. The van der Waals surface area contributed by atoms with E-state index >= 15 is 0 Å². The summed E-state index contributed by atoms with van der Waals surface area (Å²) in [6, 6.07) is 6.38. The first-order valence-electron chi connectivity index (χ1n) is 6.32. The Labute approximate surface area is 104 Å².